The van der Waals surface area contributed by atoms with E-state index in [2.05, 4.69) is 40.9 Å². The van der Waals surface area contributed by atoms with Crippen molar-refractivity contribution >= 4 is 52.0 Å². The Kier molecular flexibility index (Phi) is 14.6. The van der Waals surface area contributed by atoms with Crippen LogP contribution in [0.3, 0.4) is 0 Å². The molecule has 0 unspecified atom stereocenters. The summed E-state index contributed by atoms with van der Waals surface area (Å²) in [5.74, 6) is -0.876. The van der Waals surface area contributed by atoms with Crippen LogP contribution in [0.5, 0.6) is 0 Å². The van der Waals surface area contributed by atoms with Gasteiger partial charge >= 0.3 is 12.1 Å². The predicted octanol–water partition coefficient (Wildman–Crippen LogP) is 6.47. The van der Waals surface area contributed by atoms with Gasteiger partial charge in [-0.1, -0.05) is 32.6 Å². The summed E-state index contributed by atoms with van der Waals surface area (Å²) in [7, 11) is 2.97. The highest BCUT2D eigenvalue weighted by Crippen LogP contribution is 2.40. The number of thiazole rings is 1. The maximum absolute atomic E-state index is 13.9. The number of benzene rings is 1. The van der Waals surface area contributed by atoms with Gasteiger partial charge in [-0.2, -0.15) is 0 Å². The summed E-state index contributed by atoms with van der Waals surface area (Å²) in [6.45, 7) is 20.5. The summed E-state index contributed by atoms with van der Waals surface area (Å²) in [5, 5.41) is 18.1. The summed E-state index contributed by atoms with van der Waals surface area (Å²) in [4.78, 5) is 48.9. The van der Waals surface area contributed by atoms with E-state index in [4.69, 9.17) is 24.2 Å². The number of rotatable bonds is 15. The molecule has 1 saturated heterocycles. The van der Waals surface area contributed by atoms with Crippen LogP contribution in [0.25, 0.3) is 27.7 Å². The van der Waals surface area contributed by atoms with Crippen LogP contribution in [0.4, 0.5) is 4.79 Å². The van der Waals surface area contributed by atoms with Crippen LogP contribution < -0.4 is 10.7 Å². The van der Waals surface area contributed by atoms with Crippen LogP contribution in [0.1, 0.15) is 84.5 Å². The molecule has 0 radical (unpaired) electrons. The minimum atomic E-state index is -1.02. The van der Waals surface area contributed by atoms with Crippen LogP contribution >= 0.6 is 11.3 Å². The molecule has 3 N–H and O–H groups in total. The second kappa shape index (κ2) is 18.5. The fourth-order valence-corrected chi connectivity index (χ4v) is 7.56. The van der Waals surface area contributed by atoms with Crippen molar-refractivity contribution in [2.75, 3.05) is 27.4 Å². The number of nitrogens with one attached hydrogen (secondary N) is 2. The monoisotopic (exact) mass is 778 g/mol. The first-order valence-corrected chi connectivity index (χ1v) is 19.6. The summed E-state index contributed by atoms with van der Waals surface area (Å²) >= 11 is 1.39. The molecular formula is C41H58N6O7S. The fourth-order valence-electron chi connectivity index (χ4n) is 6.71. The van der Waals surface area contributed by atoms with E-state index >= 15 is 0 Å². The molecule has 300 valence electrons. The largest absolute Gasteiger partial charge is 0.468 e. The van der Waals surface area contributed by atoms with E-state index in [0.717, 1.165) is 39.0 Å². The zero-order chi connectivity index (χ0) is 40.7. The molecule has 2 amide bonds. The Hall–Kier alpha value is -4.37. The highest BCUT2D eigenvalue weighted by atomic mass is 32.1. The smallest absolute Gasteiger partial charge is 0.408 e. The Morgan fingerprint density at radius 1 is 1.22 bits per heavy atom. The number of aryl methyl sites for hydroxylation is 1. The highest BCUT2D eigenvalue weighted by molar-refractivity contribution is 7.10. The van der Waals surface area contributed by atoms with Crippen LogP contribution in [0.2, 0.25) is 0 Å². The first kappa shape index (κ1) is 43.4. The number of aromatic nitrogens is 2. The number of hydrogen-bond donors (Lipinski definition) is 3. The van der Waals surface area contributed by atoms with Crippen LogP contribution in [-0.2, 0) is 43.2 Å². The molecule has 13 nitrogen and oxygen atoms in total. The SMILES string of the molecule is C=C/C(=C(\N=C/C)[C@H](C)OC)c1c(CC(C)(C)CO)c2cc(-c3csc(C[C@H](NC(=O)OC(C)(C)C)C(=O)N4CCC[C@@H](C(=O)OC)N4)n3)ccc2n1CC. The molecule has 2 aromatic heterocycles. The molecule has 0 saturated carbocycles. The van der Waals surface area contributed by atoms with E-state index in [1.54, 1.807) is 34.1 Å². The maximum atomic E-state index is 13.9. The second-order valence-corrected chi connectivity index (χ2v) is 16.4. The second-order valence-electron chi connectivity index (χ2n) is 15.4. The molecule has 0 aliphatic carbocycles. The molecule has 55 heavy (non-hydrogen) atoms. The van der Waals surface area contributed by atoms with Gasteiger partial charge in [-0.15, -0.1) is 11.3 Å². The van der Waals surface area contributed by atoms with E-state index < -0.39 is 41.1 Å². The molecule has 1 fully saturated rings. The van der Waals surface area contributed by atoms with Gasteiger partial charge in [-0.05, 0) is 83.9 Å². The number of amides is 2. The predicted molar refractivity (Wildman–Crippen MR) is 218 cm³/mol. The number of hydrogen-bond acceptors (Lipinski definition) is 11. The van der Waals surface area contributed by atoms with Crippen molar-refractivity contribution in [3.8, 4) is 11.3 Å². The van der Waals surface area contributed by atoms with Crippen molar-refractivity contribution < 1.29 is 33.7 Å². The van der Waals surface area contributed by atoms with Crippen molar-refractivity contribution in [1.29, 1.82) is 0 Å². The number of aliphatic hydroxyl groups excluding tert-OH is 1. The number of allylic oxidation sites excluding steroid dienone is 2. The quantitative estimate of drug-likeness (QED) is 0.0894. The fraction of sp³-hybridized carbons (Fsp3) is 0.537. The summed E-state index contributed by atoms with van der Waals surface area (Å²) in [6, 6.07) is 4.56. The minimum Gasteiger partial charge on any atom is -0.468 e. The van der Waals surface area contributed by atoms with Gasteiger partial charge in [-0.3, -0.25) is 19.6 Å². The van der Waals surface area contributed by atoms with Crippen molar-refractivity contribution in [2.45, 2.75) is 111 Å². The number of hydrazine groups is 1. The Balaban J connectivity index is 1.79. The minimum absolute atomic E-state index is 0.00450. The Morgan fingerprint density at radius 3 is 2.55 bits per heavy atom. The summed E-state index contributed by atoms with van der Waals surface area (Å²) in [6.07, 6.45) is 4.35. The number of ether oxygens (including phenoxy) is 3. The molecule has 1 aromatic carbocycles. The topological polar surface area (TPSA) is 157 Å². The molecule has 3 atom stereocenters. The number of carbonyl (C=O) groups excluding carboxylic acids is 3. The van der Waals surface area contributed by atoms with Gasteiger partial charge in [0.15, 0.2) is 0 Å². The van der Waals surface area contributed by atoms with Crippen molar-refractivity contribution in [3.63, 3.8) is 0 Å². The molecule has 0 bridgehead atoms. The molecule has 14 heteroatoms. The zero-order valence-corrected chi connectivity index (χ0v) is 34.8. The number of nitrogens with zero attached hydrogens (tertiary/aromatic N) is 4. The van der Waals surface area contributed by atoms with Crippen LogP contribution in [-0.4, -0.2) is 95.0 Å². The Labute approximate surface area is 328 Å². The average molecular weight is 779 g/mol. The average Bonchev–Trinajstić information content (AvgIpc) is 3.74. The van der Waals surface area contributed by atoms with Gasteiger partial charge in [0.1, 0.15) is 17.7 Å². The zero-order valence-electron chi connectivity index (χ0n) is 33.9. The van der Waals surface area contributed by atoms with Crippen molar-refractivity contribution in [3.05, 3.63) is 58.2 Å². The van der Waals surface area contributed by atoms with E-state index in [1.807, 2.05) is 45.2 Å². The standard InChI is InChI=1S/C41H58N6O7S/c1-12-27(35(42-13-2)25(4)52-10)36-29(22-41(8,9)24-48)28-20-26(17-18-33(28)46(36)14-3)32-23-55-34(43-32)21-31(44-39(51)54-40(5,6)7)37(49)47-19-15-16-30(45-47)38(50)53-11/h12-13,17-18,20,23,25,30-31,45,48H,1,14-16,19,21-22,24H2,2-11H3,(H,44,51)/b35-27+,42-13-/t25-,30-,31-/m0/s1. The van der Waals surface area contributed by atoms with Gasteiger partial charge in [-0.25, -0.2) is 15.2 Å². The Morgan fingerprint density at radius 2 is 1.95 bits per heavy atom. The third-order valence-corrected chi connectivity index (χ3v) is 10.3. The van der Waals surface area contributed by atoms with Gasteiger partial charge < -0.3 is 29.2 Å². The van der Waals surface area contributed by atoms with Crippen molar-refractivity contribution in [1.82, 2.24) is 25.3 Å². The van der Waals surface area contributed by atoms with Crippen LogP contribution in [0, 0.1) is 5.41 Å². The maximum Gasteiger partial charge on any atom is 0.408 e. The van der Waals surface area contributed by atoms with Crippen LogP contribution in [0.15, 0.2) is 46.9 Å². The molecule has 0 spiro atoms. The number of fused-ring (bicyclic) bond motifs is 1. The lowest BCUT2D eigenvalue weighted by Crippen LogP contribution is -2.60. The number of esters is 1. The summed E-state index contributed by atoms with van der Waals surface area (Å²) in [5.41, 5.74) is 8.04. The van der Waals surface area contributed by atoms with Gasteiger partial charge in [0.25, 0.3) is 5.91 Å². The van der Waals surface area contributed by atoms with E-state index in [0.29, 0.717) is 43.1 Å². The van der Waals surface area contributed by atoms with E-state index in [-0.39, 0.29) is 19.1 Å². The third-order valence-electron chi connectivity index (χ3n) is 9.46. The molecule has 4 rings (SSSR count). The molecule has 1 aliphatic rings. The number of aliphatic hydroxyl groups is 1. The molecule has 3 heterocycles. The van der Waals surface area contributed by atoms with E-state index in [1.165, 1.54) is 23.5 Å². The van der Waals surface area contributed by atoms with Gasteiger partial charge in [0.05, 0.1) is 35.3 Å². The summed E-state index contributed by atoms with van der Waals surface area (Å²) < 4.78 is 18.4. The van der Waals surface area contributed by atoms with Gasteiger partial charge in [0.2, 0.25) is 0 Å². The number of aliphatic imine (C=N–C) groups is 1. The normalized spacial score (nSPS) is 16.9. The van der Waals surface area contributed by atoms with Gasteiger partial charge in [0, 0.05) is 66.9 Å². The highest BCUT2D eigenvalue weighted by Gasteiger charge is 2.34. The number of methoxy groups -OCH3 is 2. The first-order chi connectivity index (χ1) is 26.0. The molecular weight excluding hydrogens is 721 g/mol. The molecule has 1 aliphatic heterocycles. The first-order valence-electron chi connectivity index (χ1n) is 18.7. The van der Waals surface area contributed by atoms with E-state index in [9.17, 15) is 19.5 Å². The van der Waals surface area contributed by atoms with Crippen molar-refractivity contribution in [2.24, 2.45) is 10.4 Å². The lowest BCUT2D eigenvalue weighted by atomic mass is 9.84. The lowest BCUT2D eigenvalue weighted by molar-refractivity contribution is -0.150. The number of carbonyl (C=O) groups is 3. The Bertz CT molecular complexity index is 1920. The lowest BCUT2D eigenvalue weighted by Gasteiger charge is -2.34. The molecule has 3 aromatic rings. The number of alkyl carbamates (subject to hydrolysis) is 1. The third kappa shape index (κ3) is 10.5.